The molecule has 1 aromatic heterocycles. The van der Waals surface area contributed by atoms with Gasteiger partial charge in [-0.2, -0.15) is 0 Å². The summed E-state index contributed by atoms with van der Waals surface area (Å²) in [5.74, 6) is 3.76. The first kappa shape index (κ1) is 13.7. The summed E-state index contributed by atoms with van der Waals surface area (Å²) in [6.07, 6.45) is 2.35. The number of hydrogen-bond donors (Lipinski definition) is 1. The summed E-state index contributed by atoms with van der Waals surface area (Å²) in [4.78, 5) is 9.25. The zero-order valence-corrected chi connectivity index (χ0v) is 12.5. The Balaban J connectivity index is 2.08. The Labute approximate surface area is 124 Å². The van der Waals surface area contributed by atoms with Gasteiger partial charge in [0.2, 0.25) is 0 Å². The highest BCUT2D eigenvalue weighted by atomic mass is 16.5. The first-order valence-corrected chi connectivity index (χ1v) is 7.04. The van der Waals surface area contributed by atoms with Crippen LogP contribution in [0.2, 0.25) is 0 Å². The van der Waals surface area contributed by atoms with Crippen molar-refractivity contribution in [3.8, 4) is 22.8 Å². The van der Waals surface area contributed by atoms with Gasteiger partial charge in [0.05, 0.1) is 19.9 Å². The van der Waals surface area contributed by atoms with Crippen LogP contribution in [0.1, 0.15) is 24.6 Å². The first-order chi connectivity index (χ1) is 10.2. The Hall–Kier alpha value is -2.30. The molecular weight excluding hydrogens is 266 g/mol. The molecule has 1 aliphatic carbocycles. The van der Waals surface area contributed by atoms with Crippen molar-refractivity contribution in [2.75, 3.05) is 26.6 Å². The molecule has 0 spiro atoms. The number of methoxy groups -OCH3 is 2. The molecule has 1 fully saturated rings. The summed E-state index contributed by atoms with van der Waals surface area (Å²) in [5, 5.41) is 3.10. The minimum atomic E-state index is 0.501. The molecule has 0 amide bonds. The molecule has 5 heteroatoms. The van der Waals surface area contributed by atoms with Gasteiger partial charge in [0.25, 0.3) is 0 Å². The minimum Gasteiger partial charge on any atom is -0.497 e. The monoisotopic (exact) mass is 285 g/mol. The Morgan fingerprint density at radius 1 is 1.10 bits per heavy atom. The zero-order valence-electron chi connectivity index (χ0n) is 12.5. The Kier molecular flexibility index (Phi) is 3.64. The number of aromatic nitrogens is 2. The van der Waals surface area contributed by atoms with Gasteiger partial charge in [0.15, 0.2) is 0 Å². The van der Waals surface area contributed by atoms with E-state index in [9.17, 15) is 0 Å². The summed E-state index contributed by atoms with van der Waals surface area (Å²) in [5.41, 5.74) is 1.81. The van der Waals surface area contributed by atoms with E-state index in [-0.39, 0.29) is 0 Å². The van der Waals surface area contributed by atoms with Gasteiger partial charge < -0.3 is 14.8 Å². The van der Waals surface area contributed by atoms with E-state index >= 15 is 0 Å². The molecule has 1 N–H and O–H groups in total. The van der Waals surface area contributed by atoms with E-state index in [0.29, 0.717) is 5.92 Å². The molecule has 5 nitrogen and oxygen atoms in total. The van der Waals surface area contributed by atoms with E-state index < -0.39 is 0 Å². The SMILES string of the molecule is CNc1cc(-c2ccc(OC)cc2OC)nc(C2CC2)n1. The predicted octanol–water partition coefficient (Wildman–Crippen LogP) is 3.08. The van der Waals surface area contributed by atoms with Gasteiger partial charge in [-0.1, -0.05) is 0 Å². The Morgan fingerprint density at radius 3 is 2.52 bits per heavy atom. The smallest absolute Gasteiger partial charge is 0.134 e. The highest BCUT2D eigenvalue weighted by molar-refractivity contribution is 5.70. The molecule has 3 rings (SSSR count). The second kappa shape index (κ2) is 5.60. The summed E-state index contributed by atoms with van der Waals surface area (Å²) in [7, 11) is 5.16. The third-order valence-corrected chi connectivity index (χ3v) is 3.63. The first-order valence-electron chi connectivity index (χ1n) is 7.04. The van der Waals surface area contributed by atoms with Crippen LogP contribution in [0.15, 0.2) is 24.3 Å². The maximum absolute atomic E-state index is 5.47. The maximum Gasteiger partial charge on any atom is 0.134 e. The van der Waals surface area contributed by atoms with Crippen LogP contribution in [0, 0.1) is 0 Å². The van der Waals surface area contributed by atoms with Crippen LogP contribution in [0.3, 0.4) is 0 Å². The van der Waals surface area contributed by atoms with Crippen molar-refractivity contribution < 1.29 is 9.47 Å². The molecular formula is C16H19N3O2. The molecule has 1 heterocycles. The lowest BCUT2D eigenvalue weighted by Crippen LogP contribution is -2.01. The lowest BCUT2D eigenvalue weighted by Gasteiger charge is -2.12. The molecule has 21 heavy (non-hydrogen) atoms. The van der Waals surface area contributed by atoms with Crippen molar-refractivity contribution in [3.05, 3.63) is 30.1 Å². The zero-order chi connectivity index (χ0) is 14.8. The highest BCUT2D eigenvalue weighted by Gasteiger charge is 2.27. The van der Waals surface area contributed by atoms with Crippen LogP contribution in [-0.4, -0.2) is 31.2 Å². The van der Waals surface area contributed by atoms with Gasteiger partial charge in [-0.3, -0.25) is 0 Å². The van der Waals surface area contributed by atoms with Crippen molar-refractivity contribution in [1.29, 1.82) is 0 Å². The molecule has 1 saturated carbocycles. The second-order valence-electron chi connectivity index (χ2n) is 5.09. The van der Waals surface area contributed by atoms with Gasteiger partial charge >= 0.3 is 0 Å². The number of hydrogen-bond acceptors (Lipinski definition) is 5. The van der Waals surface area contributed by atoms with E-state index in [1.807, 2.05) is 31.3 Å². The molecule has 0 saturated heterocycles. The third-order valence-electron chi connectivity index (χ3n) is 3.63. The molecule has 110 valence electrons. The van der Waals surface area contributed by atoms with Crippen LogP contribution < -0.4 is 14.8 Å². The fraction of sp³-hybridized carbons (Fsp3) is 0.375. The van der Waals surface area contributed by atoms with Crippen LogP contribution >= 0.6 is 0 Å². The molecule has 1 aliphatic rings. The van der Waals surface area contributed by atoms with Crippen molar-refractivity contribution >= 4 is 5.82 Å². The molecule has 0 radical (unpaired) electrons. The average Bonchev–Trinajstić information content (AvgIpc) is 3.38. The third kappa shape index (κ3) is 2.77. The van der Waals surface area contributed by atoms with Crippen LogP contribution in [0.4, 0.5) is 5.82 Å². The van der Waals surface area contributed by atoms with E-state index in [4.69, 9.17) is 14.5 Å². The highest BCUT2D eigenvalue weighted by Crippen LogP contribution is 2.40. The number of nitrogens with zero attached hydrogens (tertiary/aromatic N) is 2. The normalized spacial score (nSPS) is 13.9. The van der Waals surface area contributed by atoms with E-state index in [1.165, 1.54) is 12.8 Å². The summed E-state index contributed by atoms with van der Waals surface area (Å²) >= 11 is 0. The number of benzene rings is 1. The minimum absolute atomic E-state index is 0.501. The molecule has 0 unspecified atom stereocenters. The number of nitrogens with one attached hydrogen (secondary N) is 1. The van der Waals surface area contributed by atoms with Crippen molar-refractivity contribution in [3.63, 3.8) is 0 Å². The van der Waals surface area contributed by atoms with Crippen LogP contribution in [-0.2, 0) is 0 Å². The number of ether oxygens (including phenoxy) is 2. The standard InChI is InChI=1S/C16H19N3O2/c1-17-15-9-13(18-16(19-15)10-4-5-10)12-7-6-11(20-2)8-14(12)21-3/h6-10H,4-5H2,1-3H3,(H,17,18,19). The Morgan fingerprint density at radius 2 is 1.90 bits per heavy atom. The molecule has 1 aromatic carbocycles. The van der Waals surface area contributed by atoms with Gasteiger partial charge in [-0.05, 0) is 25.0 Å². The van der Waals surface area contributed by atoms with Gasteiger partial charge in [-0.15, -0.1) is 0 Å². The van der Waals surface area contributed by atoms with Gasteiger partial charge in [0, 0.05) is 30.7 Å². The lowest BCUT2D eigenvalue weighted by molar-refractivity contribution is 0.395. The van der Waals surface area contributed by atoms with Gasteiger partial charge in [0.1, 0.15) is 23.1 Å². The fourth-order valence-corrected chi connectivity index (χ4v) is 2.27. The summed E-state index contributed by atoms with van der Waals surface area (Å²) in [6, 6.07) is 7.69. The average molecular weight is 285 g/mol. The quantitative estimate of drug-likeness (QED) is 0.915. The van der Waals surface area contributed by atoms with Gasteiger partial charge in [-0.25, -0.2) is 9.97 Å². The fourth-order valence-electron chi connectivity index (χ4n) is 2.27. The van der Waals surface area contributed by atoms with Crippen molar-refractivity contribution in [2.45, 2.75) is 18.8 Å². The Bertz CT molecular complexity index is 654. The summed E-state index contributed by atoms with van der Waals surface area (Å²) in [6.45, 7) is 0. The molecule has 2 aromatic rings. The molecule has 0 aliphatic heterocycles. The molecule has 0 bridgehead atoms. The lowest BCUT2D eigenvalue weighted by atomic mass is 10.1. The van der Waals surface area contributed by atoms with Crippen LogP contribution in [0.5, 0.6) is 11.5 Å². The second-order valence-corrected chi connectivity index (χ2v) is 5.09. The number of rotatable bonds is 5. The van der Waals surface area contributed by atoms with E-state index in [1.54, 1.807) is 14.2 Å². The van der Waals surface area contributed by atoms with Crippen molar-refractivity contribution in [2.24, 2.45) is 0 Å². The van der Waals surface area contributed by atoms with Crippen molar-refractivity contribution in [1.82, 2.24) is 9.97 Å². The molecule has 0 atom stereocenters. The summed E-state index contributed by atoms with van der Waals surface area (Å²) < 4.78 is 10.7. The maximum atomic E-state index is 5.47. The number of anilines is 1. The van der Waals surface area contributed by atoms with Crippen LogP contribution in [0.25, 0.3) is 11.3 Å². The predicted molar refractivity (Wildman–Crippen MR) is 82.1 cm³/mol. The van der Waals surface area contributed by atoms with E-state index in [0.717, 1.165) is 34.4 Å². The topological polar surface area (TPSA) is 56.3 Å². The van der Waals surface area contributed by atoms with E-state index in [2.05, 4.69) is 10.3 Å². The largest absolute Gasteiger partial charge is 0.497 e.